The molecule has 0 amide bonds. The smallest absolute Gasteiger partial charge is 0.303 e. The Balaban J connectivity index is 2.80. The number of carboxylic acids is 1. The minimum atomic E-state index is -0.735. The van der Waals surface area contributed by atoms with E-state index in [1.54, 1.807) is 0 Å². The third-order valence-corrected chi connectivity index (χ3v) is 5.63. The van der Waals surface area contributed by atoms with Gasteiger partial charge in [-0.05, 0) is 51.0 Å². The maximum absolute atomic E-state index is 10.6. The molecule has 31 heavy (non-hydrogen) atoms. The van der Waals surface area contributed by atoms with E-state index in [1.807, 2.05) is 12.2 Å². The van der Waals surface area contributed by atoms with E-state index < -0.39 is 12.1 Å². The zero-order valence-electron chi connectivity index (χ0n) is 19.6. The summed E-state index contributed by atoms with van der Waals surface area (Å²) < 4.78 is 2.28. The molecule has 0 aromatic carbocycles. The molecule has 1 atom stereocenters. The number of aliphatic hydroxyl groups is 2. The molecule has 1 aromatic heterocycles. The summed E-state index contributed by atoms with van der Waals surface area (Å²) in [6.45, 7) is 5.51. The molecule has 0 radical (unpaired) electrons. The van der Waals surface area contributed by atoms with Crippen molar-refractivity contribution in [3.05, 3.63) is 35.2 Å². The number of aromatic nitrogens is 1. The standard InChI is InChI=1S/C26H43NO4/c1-3-4-9-14-24(29)18-17-23-21-27(19-12-7-8-13-20-28)22(2)25(23)15-10-5-6-11-16-26(30)31/h10,15,17-18,21,24,28-29H,3-9,11-14,16,19-20H2,1-2H3,(H,30,31). The summed E-state index contributed by atoms with van der Waals surface area (Å²) in [5, 5.41) is 28.0. The predicted octanol–water partition coefficient (Wildman–Crippen LogP) is 5.96. The second-order valence-corrected chi connectivity index (χ2v) is 8.38. The average Bonchev–Trinajstić information content (AvgIpc) is 3.03. The fraction of sp³-hybridized carbons (Fsp3) is 0.654. The number of carboxylic acid groups (broad SMARTS) is 1. The molecule has 0 saturated heterocycles. The first-order valence-electron chi connectivity index (χ1n) is 12.0. The molecule has 1 aromatic rings. The van der Waals surface area contributed by atoms with Crippen LogP contribution in [-0.4, -0.2) is 38.6 Å². The van der Waals surface area contributed by atoms with Crippen LogP contribution in [0.4, 0.5) is 0 Å². The number of unbranched alkanes of at least 4 members (excludes halogenated alkanes) is 7. The van der Waals surface area contributed by atoms with E-state index in [4.69, 9.17) is 10.2 Å². The van der Waals surface area contributed by atoms with Crippen molar-refractivity contribution in [1.29, 1.82) is 0 Å². The highest BCUT2D eigenvalue weighted by Crippen LogP contribution is 2.22. The fourth-order valence-corrected chi connectivity index (χ4v) is 3.68. The topological polar surface area (TPSA) is 82.7 Å². The molecular weight excluding hydrogens is 390 g/mol. The number of hydrogen-bond acceptors (Lipinski definition) is 3. The third kappa shape index (κ3) is 11.9. The Bertz CT molecular complexity index is 675. The van der Waals surface area contributed by atoms with Gasteiger partial charge in [-0.3, -0.25) is 4.79 Å². The number of aryl methyl sites for hydroxylation is 1. The minimum Gasteiger partial charge on any atom is -0.481 e. The molecule has 1 unspecified atom stereocenters. The Hall–Kier alpha value is -1.85. The summed E-state index contributed by atoms with van der Waals surface area (Å²) in [7, 11) is 0. The van der Waals surface area contributed by atoms with Crippen LogP contribution >= 0.6 is 0 Å². The van der Waals surface area contributed by atoms with Gasteiger partial charge in [0.25, 0.3) is 0 Å². The first-order chi connectivity index (χ1) is 15.0. The molecule has 5 nitrogen and oxygen atoms in total. The molecule has 1 rings (SSSR count). The summed E-state index contributed by atoms with van der Waals surface area (Å²) in [5.41, 5.74) is 3.50. The highest BCUT2D eigenvalue weighted by molar-refractivity contribution is 5.68. The van der Waals surface area contributed by atoms with Crippen molar-refractivity contribution >= 4 is 18.1 Å². The summed E-state index contributed by atoms with van der Waals surface area (Å²) in [6.07, 6.45) is 20.9. The van der Waals surface area contributed by atoms with E-state index in [-0.39, 0.29) is 13.0 Å². The van der Waals surface area contributed by atoms with Crippen LogP contribution in [-0.2, 0) is 11.3 Å². The van der Waals surface area contributed by atoms with Crippen molar-refractivity contribution in [2.24, 2.45) is 0 Å². The molecule has 0 aliphatic heterocycles. The number of allylic oxidation sites excluding steroid dienone is 1. The van der Waals surface area contributed by atoms with E-state index in [9.17, 15) is 9.90 Å². The van der Waals surface area contributed by atoms with Crippen LogP contribution in [0, 0.1) is 6.92 Å². The lowest BCUT2D eigenvalue weighted by Crippen LogP contribution is -2.01. The van der Waals surface area contributed by atoms with Crippen LogP contribution in [0.3, 0.4) is 0 Å². The number of carbonyl (C=O) groups is 1. The highest BCUT2D eigenvalue weighted by atomic mass is 16.4. The second-order valence-electron chi connectivity index (χ2n) is 8.38. The van der Waals surface area contributed by atoms with E-state index in [1.165, 1.54) is 11.3 Å². The van der Waals surface area contributed by atoms with Crippen LogP contribution in [0.25, 0.3) is 12.2 Å². The minimum absolute atomic E-state index is 0.226. The lowest BCUT2D eigenvalue weighted by Gasteiger charge is -2.06. The summed E-state index contributed by atoms with van der Waals surface area (Å²) in [5.74, 6) is -0.735. The first-order valence-corrected chi connectivity index (χ1v) is 12.0. The molecular formula is C26H43NO4. The molecule has 176 valence electrons. The monoisotopic (exact) mass is 433 g/mol. The third-order valence-electron chi connectivity index (χ3n) is 5.63. The van der Waals surface area contributed by atoms with Crippen LogP contribution < -0.4 is 0 Å². The number of rotatable bonds is 18. The summed E-state index contributed by atoms with van der Waals surface area (Å²) >= 11 is 0. The van der Waals surface area contributed by atoms with Crippen molar-refractivity contribution in [3.8, 4) is 0 Å². The zero-order valence-corrected chi connectivity index (χ0v) is 19.6. The van der Waals surface area contributed by atoms with Crippen molar-refractivity contribution < 1.29 is 20.1 Å². The molecule has 0 bridgehead atoms. The Morgan fingerprint density at radius 3 is 2.55 bits per heavy atom. The summed E-state index contributed by atoms with van der Waals surface area (Å²) in [6, 6.07) is 0. The Morgan fingerprint density at radius 2 is 1.84 bits per heavy atom. The van der Waals surface area contributed by atoms with Crippen molar-refractivity contribution in [1.82, 2.24) is 4.57 Å². The molecule has 0 aliphatic carbocycles. The van der Waals surface area contributed by atoms with E-state index in [0.717, 1.165) is 76.3 Å². The van der Waals surface area contributed by atoms with Gasteiger partial charge in [0.2, 0.25) is 0 Å². The van der Waals surface area contributed by atoms with Gasteiger partial charge in [0.15, 0.2) is 0 Å². The number of aliphatic hydroxyl groups excluding tert-OH is 2. The van der Waals surface area contributed by atoms with Gasteiger partial charge >= 0.3 is 5.97 Å². The first kappa shape index (κ1) is 27.2. The van der Waals surface area contributed by atoms with Gasteiger partial charge in [-0.25, -0.2) is 0 Å². The number of aliphatic carboxylic acids is 1. The van der Waals surface area contributed by atoms with Gasteiger partial charge in [-0.2, -0.15) is 0 Å². The highest BCUT2D eigenvalue weighted by Gasteiger charge is 2.09. The van der Waals surface area contributed by atoms with Gasteiger partial charge in [-0.15, -0.1) is 0 Å². The number of hydrogen-bond donors (Lipinski definition) is 3. The van der Waals surface area contributed by atoms with E-state index in [2.05, 4.69) is 36.8 Å². The van der Waals surface area contributed by atoms with Crippen molar-refractivity contribution in [2.75, 3.05) is 6.61 Å². The summed E-state index contributed by atoms with van der Waals surface area (Å²) in [4.78, 5) is 10.6. The molecule has 0 aliphatic rings. The number of nitrogens with zero attached hydrogens (tertiary/aromatic N) is 1. The maximum atomic E-state index is 10.6. The Labute approximate surface area is 188 Å². The van der Waals surface area contributed by atoms with Crippen molar-refractivity contribution in [3.63, 3.8) is 0 Å². The predicted molar refractivity (Wildman–Crippen MR) is 129 cm³/mol. The Morgan fingerprint density at radius 1 is 1.06 bits per heavy atom. The van der Waals surface area contributed by atoms with Gasteiger partial charge < -0.3 is 19.9 Å². The van der Waals surface area contributed by atoms with Gasteiger partial charge in [0, 0.05) is 37.0 Å². The quantitative estimate of drug-likeness (QED) is 0.249. The maximum Gasteiger partial charge on any atom is 0.303 e. The average molecular weight is 434 g/mol. The molecule has 0 fully saturated rings. The van der Waals surface area contributed by atoms with Gasteiger partial charge in [0.05, 0.1) is 6.10 Å². The normalized spacial score (nSPS) is 12.9. The van der Waals surface area contributed by atoms with E-state index in [0.29, 0.717) is 6.42 Å². The molecule has 5 heteroatoms. The van der Waals surface area contributed by atoms with Crippen LogP contribution in [0.5, 0.6) is 0 Å². The molecule has 0 saturated carbocycles. The van der Waals surface area contributed by atoms with Gasteiger partial charge in [-0.1, -0.05) is 63.3 Å². The van der Waals surface area contributed by atoms with Crippen LogP contribution in [0.2, 0.25) is 0 Å². The second kappa shape index (κ2) is 16.8. The Kier molecular flexibility index (Phi) is 14.7. The largest absolute Gasteiger partial charge is 0.481 e. The van der Waals surface area contributed by atoms with Gasteiger partial charge in [0.1, 0.15) is 0 Å². The van der Waals surface area contributed by atoms with Crippen molar-refractivity contribution in [2.45, 2.75) is 104 Å². The molecule has 1 heterocycles. The molecule has 3 N–H and O–H groups in total. The van der Waals surface area contributed by atoms with E-state index >= 15 is 0 Å². The fourth-order valence-electron chi connectivity index (χ4n) is 3.68. The molecule has 0 spiro atoms. The van der Waals surface area contributed by atoms with Crippen LogP contribution in [0.15, 0.2) is 18.3 Å². The zero-order chi connectivity index (χ0) is 22.9. The van der Waals surface area contributed by atoms with Crippen LogP contribution in [0.1, 0.15) is 101 Å². The lowest BCUT2D eigenvalue weighted by atomic mass is 10.1. The SMILES string of the molecule is CCCCCC(O)C=Cc1cn(CCCCCCO)c(C)c1C=CCCCCC(=O)O. The lowest BCUT2D eigenvalue weighted by molar-refractivity contribution is -0.137.